The van der Waals surface area contributed by atoms with Gasteiger partial charge in [0.05, 0.1) is 18.4 Å². The minimum Gasteiger partial charge on any atom is -0.457 e. The van der Waals surface area contributed by atoms with E-state index in [2.05, 4.69) is 12.2 Å². The van der Waals surface area contributed by atoms with E-state index in [1.54, 1.807) is 39.0 Å². The number of allylic oxidation sites excluding steroid dienone is 5. The van der Waals surface area contributed by atoms with E-state index in [1.165, 1.54) is 19.1 Å². The first kappa shape index (κ1) is 37.0. The highest BCUT2D eigenvalue weighted by atomic mass is 16.5. The Morgan fingerprint density at radius 1 is 1.07 bits per heavy atom. The molecule has 9 nitrogen and oxygen atoms in total. The topological polar surface area (TPSA) is 150 Å². The van der Waals surface area contributed by atoms with E-state index in [0.29, 0.717) is 29.6 Å². The Hall–Kier alpha value is -3.14. The molecule has 2 aliphatic rings. The van der Waals surface area contributed by atoms with Gasteiger partial charge in [-0.05, 0) is 51.0 Å². The van der Waals surface area contributed by atoms with Gasteiger partial charge in [0.15, 0.2) is 5.78 Å². The lowest BCUT2D eigenvalue weighted by Crippen LogP contribution is -2.34. The van der Waals surface area contributed by atoms with E-state index in [-0.39, 0.29) is 42.6 Å². The van der Waals surface area contributed by atoms with Crippen LogP contribution in [0.1, 0.15) is 86.5 Å². The maximum absolute atomic E-state index is 13.7. The molecule has 244 valence electrons. The van der Waals surface area contributed by atoms with Crippen molar-refractivity contribution in [3.8, 4) is 0 Å². The van der Waals surface area contributed by atoms with Crippen LogP contribution in [0.5, 0.6) is 0 Å². The number of carbonyl (C=O) groups excluding carboxylic acids is 4. The molecule has 4 N–H and O–H groups in total. The second-order valence-electron chi connectivity index (χ2n) is 12.3. The molecule has 0 aromatic rings. The third kappa shape index (κ3) is 10.5. The van der Waals surface area contributed by atoms with Gasteiger partial charge in [0.25, 0.3) is 5.91 Å². The zero-order valence-corrected chi connectivity index (χ0v) is 27.1. The van der Waals surface area contributed by atoms with Gasteiger partial charge in [-0.25, -0.2) is 0 Å². The van der Waals surface area contributed by atoms with E-state index in [9.17, 15) is 34.5 Å². The standard InChI is InChI=1S/C35H51NO8/c1-7-8-9-10-14-28-29-16-21(2)15-27(20-38)32(41)23(4)17-24(5)34(44-25(6)39)26(19-37)13-11-12-22(3)35(43)36-30(33(29)42)18-31(28)40/h11-13,17-18,21,23,26-27,32,34,37-38,41H,7-10,14-16,19-20H2,1-6H3,(H,36,43)/b13-11-,22-12+,24-17+/t21-,23-,26+,27+,32?,34-/m0/s1. The molecule has 2 rings (SSSR count). The van der Waals surface area contributed by atoms with Gasteiger partial charge in [0.2, 0.25) is 5.78 Å². The van der Waals surface area contributed by atoms with E-state index < -0.39 is 47.6 Å². The fraction of sp³-hybridized carbons (Fsp3) is 0.600. The molecule has 0 saturated carbocycles. The van der Waals surface area contributed by atoms with Crippen LogP contribution in [0.3, 0.4) is 0 Å². The molecular formula is C35H51NO8. The van der Waals surface area contributed by atoms with Gasteiger partial charge in [0, 0.05) is 54.1 Å². The Bertz CT molecular complexity index is 1210. The zero-order valence-electron chi connectivity index (χ0n) is 27.1. The molecule has 9 heteroatoms. The molecule has 0 fully saturated rings. The van der Waals surface area contributed by atoms with Gasteiger partial charge >= 0.3 is 5.97 Å². The number of aliphatic hydroxyl groups excluding tert-OH is 3. The number of hydrogen-bond donors (Lipinski definition) is 4. The molecule has 1 heterocycles. The van der Waals surface area contributed by atoms with Crippen LogP contribution in [0, 0.1) is 23.7 Å². The number of fused-ring (bicyclic) bond motifs is 2. The predicted molar refractivity (Wildman–Crippen MR) is 169 cm³/mol. The second-order valence-corrected chi connectivity index (χ2v) is 12.3. The molecule has 0 aromatic heterocycles. The van der Waals surface area contributed by atoms with E-state index in [4.69, 9.17) is 4.74 Å². The first-order valence-corrected chi connectivity index (χ1v) is 15.8. The summed E-state index contributed by atoms with van der Waals surface area (Å²) in [4.78, 5) is 52.0. The molecule has 1 aliphatic heterocycles. The third-order valence-electron chi connectivity index (χ3n) is 8.43. The van der Waals surface area contributed by atoms with Gasteiger partial charge in [-0.3, -0.25) is 19.2 Å². The Morgan fingerprint density at radius 3 is 2.39 bits per heavy atom. The molecule has 1 amide bonds. The number of Topliss-reactive ketones (excluding diaryl/α,β-unsaturated/α-hetero) is 1. The molecule has 0 saturated heterocycles. The quantitative estimate of drug-likeness (QED) is 0.136. The largest absolute Gasteiger partial charge is 0.457 e. The summed E-state index contributed by atoms with van der Waals surface area (Å²) in [7, 11) is 0. The first-order chi connectivity index (χ1) is 20.8. The number of rotatable bonds is 8. The van der Waals surface area contributed by atoms with Gasteiger partial charge < -0.3 is 25.4 Å². The number of nitrogens with one attached hydrogen (secondary N) is 1. The minimum absolute atomic E-state index is 0.0792. The summed E-state index contributed by atoms with van der Waals surface area (Å²) in [6.45, 7) is 9.77. The minimum atomic E-state index is -0.952. The van der Waals surface area contributed by atoms with Crippen LogP contribution in [-0.2, 0) is 23.9 Å². The van der Waals surface area contributed by atoms with Crippen molar-refractivity contribution < 1.29 is 39.2 Å². The van der Waals surface area contributed by atoms with Gasteiger partial charge in [-0.2, -0.15) is 0 Å². The number of esters is 1. The summed E-state index contributed by atoms with van der Waals surface area (Å²) in [6, 6.07) is 0. The summed E-state index contributed by atoms with van der Waals surface area (Å²) in [5.74, 6) is -3.56. The Kier molecular flexibility index (Phi) is 15.1. The molecule has 0 spiro atoms. The second kappa shape index (κ2) is 18.0. The third-order valence-corrected chi connectivity index (χ3v) is 8.43. The van der Waals surface area contributed by atoms with Crippen LogP contribution in [-0.4, -0.2) is 64.2 Å². The van der Waals surface area contributed by atoms with Crippen LogP contribution in [0.4, 0.5) is 0 Å². The average molecular weight is 614 g/mol. The lowest BCUT2D eigenvalue weighted by atomic mass is 9.79. The lowest BCUT2D eigenvalue weighted by Gasteiger charge is -2.30. The summed E-state index contributed by atoms with van der Waals surface area (Å²) in [5, 5.41) is 34.3. The van der Waals surface area contributed by atoms with Crippen molar-refractivity contribution in [3.05, 3.63) is 58.4 Å². The SMILES string of the molecule is CCCCCCC1=C2C[C@@H](C)C[C@H](CO)C(O)[C@@H](C)/C=C(\C)[C@H](OC(C)=O)[C@@H](CO)/C=C\C=C(/C)C(=O)NC(=CC1=O)C2=O. The van der Waals surface area contributed by atoms with Crippen molar-refractivity contribution in [1.29, 1.82) is 0 Å². The highest BCUT2D eigenvalue weighted by Crippen LogP contribution is 2.32. The van der Waals surface area contributed by atoms with Crippen LogP contribution < -0.4 is 5.32 Å². The maximum atomic E-state index is 13.7. The van der Waals surface area contributed by atoms with Crippen molar-refractivity contribution in [2.45, 2.75) is 98.7 Å². The average Bonchev–Trinajstić information content (AvgIpc) is 2.97. The molecular weight excluding hydrogens is 562 g/mol. The van der Waals surface area contributed by atoms with E-state index in [0.717, 1.165) is 25.7 Å². The highest BCUT2D eigenvalue weighted by molar-refractivity contribution is 6.23. The monoisotopic (exact) mass is 613 g/mol. The zero-order chi connectivity index (χ0) is 33.0. The van der Waals surface area contributed by atoms with Crippen LogP contribution in [0.2, 0.25) is 0 Å². The molecule has 6 atom stereocenters. The number of carbonyl (C=O) groups is 4. The number of aliphatic hydroxyl groups is 3. The predicted octanol–water partition coefficient (Wildman–Crippen LogP) is 4.43. The van der Waals surface area contributed by atoms with Crippen molar-refractivity contribution in [2.24, 2.45) is 23.7 Å². The van der Waals surface area contributed by atoms with Crippen molar-refractivity contribution in [3.63, 3.8) is 0 Å². The smallest absolute Gasteiger partial charge is 0.303 e. The molecule has 1 unspecified atom stereocenters. The Morgan fingerprint density at radius 2 is 1.77 bits per heavy atom. The van der Waals surface area contributed by atoms with Gasteiger partial charge in [0.1, 0.15) is 6.10 Å². The Balaban J connectivity index is 2.59. The fourth-order valence-corrected chi connectivity index (χ4v) is 5.94. The van der Waals surface area contributed by atoms with Gasteiger partial charge in [-0.1, -0.05) is 64.3 Å². The lowest BCUT2D eigenvalue weighted by molar-refractivity contribution is -0.146. The normalized spacial score (nSPS) is 30.9. The maximum Gasteiger partial charge on any atom is 0.303 e. The van der Waals surface area contributed by atoms with E-state index >= 15 is 0 Å². The number of hydrogen-bond acceptors (Lipinski definition) is 8. The van der Waals surface area contributed by atoms with Crippen LogP contribution in [0.15, 0.2) is 58.4 Å². The van der Waals surface area contributed by atoms with Crippen LogP contribution >= 0.6 is 0 Å². The van der Waals surface area contributed by atoms with Crippen molar-refractivity contribution in [2.75, 3.05) is 13.2 Å². The van der Waals surface area contributed by atoms with E-state index in [1.807, 2.05) is 6.92 Å². The molecule has 0 radical (unpaired) electrons. The highest BCUT2D eigenvalue weighted by Gasteiger charge is 2.33. The molecule has 1 aliphatic carbocycles. The molecule has 2 bridgehead atoms. The first-order valence-electron chi connectivity index (χ1n) is 15.8. The summed E-state index contributed by atoms with van der Waals surface area (Å²) >= 11 is 0. The number of unbranched alkanes of at least 4 members (excludes halogenated alkanes) is 3. The van der Waals surface area contributed by atoms with Crippen LogP contribution in [0.25, 0.3) is 0 Å². The summed E-state index contributed by atoms with van der Waals surface area (Å²) in [6.07, 6.45) is 10.8. The number of amides is 1. The van der Waals surface area contributed by atoms with Crippen molar-refractivity contribution >= 4 is 23.4 Å². The molecule has 0 aromatic carbocycles. The number of ether oxygens (including phenoxy) is 1. The summed E-state index contributed by atoms with van der Waals surface area (Å²) in [5.41, 5.74) is 1.65. The van der Waals surface area contributed by atoms with Crippen molar-refractivity contribution in [1.82, 2.24) is 5.32 Å². The fourth-order valence-electron chi connectivity index (χ4n) is 5.94. The summed E-state index contributed by atoms with van der Waals surface area (Å²) < 4.78 is 5.56. The van der Waals surface area contributed by atoms with Gasteiger partial charge in [-0.15, -0.1) is 0 Å². The molecule has 44 heavy (non-hydrogen) atoms. The Labute approximate surface area is 261 Å². The number of ketones is 2.